The van der Waals surface area contributed by atoms with E-state index in [1.807, 2.05) is 12.1 Å². The van der Waals surface area contributed by atoms with Crippen LogP contribution in [-0.4, -0.2) is 12.9 Å². The van der Waals surface area contributed by atoms with Crippen LogP contribution in [0.1, 0.15) is 27.0 Å². The zero-order chi connectivity index (χ0) is 14.8. The zero-order valence-electron chi connectivity index (χ0n) is 11.7. The summed E-state index contributed by atoms with van der Waals surface area (Å²) in [6, 6.07) is 10.3. The van der Waals surface area contributed by atoms with Crippen LogP contribution in [0.2, 0.25) is 0 Å². The van der Waals surface area contributed by atoms with Crippen LogP contribution < -0.4 is 4.74 Å². The third-order valence-corrected chi connectivity index (χ3v) is 3.66. The van der Waals surface area contributed by atoms with E-state index in [1.165, 1.54) is 13.2 Å². The van der Waals surface area contributed by atoms with E-state index in [2.05, 4.69) is 0 Å². The molecule has 0 fully saturated rings. The van der Waals surface area contributed by atoms with E-state index in [0.717, 1.165) is 11.1 Å². The number of hydrogen-bond acceptors (Lipinski definition) is 3. The van der Waals surface area contributed by atoms with Crippen molar-refractivity contribution in [2.24, 2.45) is 0 Å². The number of halogens is 1. The van der Waals surface area contributed by atoms with Crippen LogP contribution in [0.3, 0.4) is 0 Å². The number of carbonyl (C=O) groups is 1. The van der Waals surface area contributed by atoms with E-state index in [-0.39, 0.29) is 18.0 Å². The second kappa shape index (κ2) is 5.66. The van der Waals surface area contributed by atoms with Gasteiger partial charge < -0.3 is 9.47 Å². The summed E-state index contributed by atoms with van der Waals surface area (Å²) in [5.41, 5.74) is 3.07. The lowest BCUT2D eigenvalue weighted by atomic mass is 9.99. The van der Waals surface area contributed by atoms with Crippen LogP contribution in [0.25, 0.3) is 0 Å². The van der Waals surface area contributed by atoms with E-state index in [0.29, 0.717) is 24.3 Å². The molecule has 0 atom stereocenters. The van der Waals surface area contributed by atoms with Gasteiger partial charge in [-0.05, 0) is 28.8 Å². The smallest absolute Gasteiger partial charge is 0.168 e. The molecule has 1 aliphatic rings. The largest absolute Gasteiger partial charge is 0.494 e. The summed E-state index contributed by atoms with van der Waals surface area (Å²) < 4.78 is 24.3. The van der Waals surface area contributed by atoms with Crippen molar-refractivity contribution in [2.45, 2.75) is 19.6 Å². The highest BCUT2D eigenvalue weighted by atomic mass is 19.1. The molecule has 0 radical (unpaired) electrons. The Hall–Kier alpha value is -2.20. The van der Waals surface area contributed by atoms with Crippen molar-refractivity contribution in [3.8, 4) is 5.75 Å². The first kappa shape index (κ1) is 13.8. The summed E-state index contributed by atoms with van der Waals surface area (Å²) >= 11 is 0. The number of hydrogen-bond donors (Lipinski definition) is 0. The minimum absolute atomic E-state index is 0.0165. The van der Waals surface area contributed by atoms with Crippen molar-refractivity contribution >= 4 is 5.78 Å². The second-order valence-corrected chi connectivity index (χ2v) is 5.01. The molecule has 4 heteroatoms. The Kier molecular flexibility index (Phi) is 3.71. The third-order valence-electron chi connectivity index (χ3n) is 3.66. The molecule has 0 bridgehead atoms. The predicted octanol–water partition coefficient (Wildman–Crippen LogP) is 3.29. The fraction of sp³-hybridized carbons (Fsp3) is 0.235. The lowest BCUT2D eigenvalue weighted by Gasteiger charge is -2.07. The average Bonchev–Trinajstić information content (AvgIpc) is 2.96. The molecule has 2 aromatic carbocycles. The highest BCUT2D eigenvalue weighted by molar-refractivity contribution is 5.97. The number of carbonyl (C=O) groups excluding carboxylic acids is 1. The summed E-state index contributed by atoms with van der Waals surface area (Å²) in [4.78, 5) is 12.3. The molecule has 3 nitrogen and oxygen atoms in total. The highest BCUT2D eigenvalue weighted by Gasteiger charge is 2.17. The van der Waals surface area contributed by atoms with Gasteiger partial charge >= 0.3 is 0 Å². The minimum atomic E-state index is -0.474. The molecule has 1 heterocycles. The Morgan fingerprint density at radius 2 is 2.05 bits per heavy atom. The van der Waals surface area contributed by atoms with Crippen molar-refractivity contribution in [3.63, 3.8) is 0 Å². The molecule has 1 aliphatic heterocycles. The third kappa shape index (κ3) is 2.67. The predicted molar refractivity (Wildman–Crippen MR) is 75.9 cm³/mol. The monoisotopic (exact) mass is 286 g/mol. The normalized spacial score (nSPS) is 13.0. The molecule has 108 valence electrons. The average molecular weight is 286 g/mol. The van der Waals surface area contributed by atoms with Crippen LogP contribution >= 0.6 is 0 Å². The lowest BCUT2D eigenvalue weighted by molar-refractivity contribution is 0.0991. The van der Waals surface area contributed by atoms with Gasteiger partial charge in [-0.25, -0.2) is 4.39 Å². The second-order valence-electron chi connectivity index (χ2n) is 5.01. The minimum Gasteiger partial charge on any atom is -0.494 e. The maximum atomic E-state index is 14.1. The highest BCUT2D eigenvalue weighted by Crippen LogP contribution is 2.24. The van der Waals surface area contributed by atoms with Gasteiger partial charge in [-0.15, -0.1) is 0 Å². The molecule has 21 heavy (non-hydrogen) atoms. The van der Waals surface area contributed by atoms with Gasteiger partial charge in [0, 0.05) is 12.0 Å². The fourth-order valence-corrected chi connectivity index (χ4v) is 2.47. The number of ketones is 1. The van der Waals surface area contributed by atoms with Crippen molar-refractivity contribution in [1.29, 1.82) is 0 Å². The first-order chi connectivity index (χ1) is 10.2. The summed E-state index contributed by atoms with van der Waals surface area (Å²) in [7, 11) is 1.41. The van der Waals surface area contributed by atoms with Gasteiger partial charge in [0.05, 0.1) is 20.3 Å². The summed E-state index contributed by atoms with van der Waals surface area (Å²) in [5.74, 6) is -0.433. The fourth-order valence-electron chi connectivity index (χ4n) is 2.47. The lowest BCUT2D eigenvalue weighted by Crippen LogP contribution is -2.06. The van der Waals surface area contributed by atoms with Crippen LogP contribution in [-0.2, 0) is 24.4 Å². The molecule has 3 rings (SSSR count). The van der Waals surface area contributed by atoms with Gasteiger partial charge in [-0.3, -0.25) is 4.79 Å². The molecule has 0 aliphatic carbocycles. The van der Waals surface area contributed by atoms with Crippen molar-refractivity contribution in [3.05, 3.63) is 64.5 Å². The molecular weight excluding hydrogens is 271 g/mol. The number of ether oxygens (including phenoxy) is 2. The first-order valence-corrected chi connectivity index (χ1v) is 6.73. The van der Waals surface area contributed by atoms with Crippen LogP contribution in [0, 0.1) is 5.82 Å². The molecule has 0 N–H and O–H groups in total. The van der Waals surface area contributed by atoms with E-state index >= 15 is 0 Å². The molecule has 2 aromatic rings. The Bertz CT molecular complexity index is 694. The van der Waals surface area contributed by atoms with Gasteiger partial charge in [0.1, 0.15) is 0 Å². The van der Waals surface area contributed by atoms with Crippen molar-refractivity contribution in [2.75, 3.05) is 7.11 Å². The van der Waals surface area contributed by atoms with Crippen LogP contribution in [0.5, 0.6) is 5.75 Å². The number of rotatable bonds is 4. The molecule has 0 spiro atoms. The number of methoxy groups -OCH3 is 1. The van der Waals surface area contributed by atoms with Gasteiger partial charge in [0.25, 0.3) is 0 Å². The van der Waals surface area contributed by atoms with Crippen LogP contribution in [0.4, 0.5) is 4.39 Å². The molecule has 0 saturated carbocycles. The van der Waals surface area contributed by atoms with Gasteiger partial charge in [-0.1, -0.05) is 24.3 Å². The zero-order valence-corrected chi connectivity index (χ0v) is 11.7. The number of benzene rings is 2. The maximum absolute atomic E-state index is 14.1. The molecular formula is C17H15FO3. The number of fused-ring (bicyclic) bond motifs is 1. The Morgan fingerprint density at radius 3 is 2.86 bits per heavy atom. The molecule has 0 unspecified atom stereocenters. The van der Waals surface area contributed by atoms with Crippen molar-refractivity contribution < 1.29 is 18.7 Å². The molecule has 0 amide bonds. The summed E-state index contributed by atoms with van der Waals surface area (Å²) in [6.45, 7) is 1.12. The Morgan fingerprint density at radius 1 is 1.24 bits per heavy atom. The van der Waals surface area contributed by atoms with E-state index in [4.69, 9.17) is 9.47 Å². The van der Waals surface area contributed by atoms with Crippen LogP contribution in [0.15, 0.2) is 36.4 Å². The topological polar surface area (TPSA) is 35.5 Å². The quantitative estimate of drug-likeness (QED) is 0.809. The van der Waals surface area contributed by atoms with E-state index in [9.17, 15) is 9.18 Å². The summed E-state index contributed by atoms with van der Waals surface area (Å²) in [6.07, 6.45) is 0.0165. The van der Waals surface area contributed by atoms with Gasteiger partial charge in [0.15, 0.2) is 17.3 Å². The Balaban J connectivity index is 1.84. The number of Topliss-reactive ketones (excluding diaryl/α,β-unsaturated/α-hetero) is 1. The Labute approximate surface area is 122 Å². The SMILES string of the molecule is COc1cccc(CC(=O)c2ccc3c(c2)COC3)c1F. The van der Waals surface area contributed by atoms with Crippen molar-refractivity contribution in [1.82, 2.24) is 0 Å². The van der Waals surface area contributed by atoms with Gasteiger partial charge in [0.2, 0.25) is 0 Å². The molecule has 0 saturated heterocycles. The molecule has 0 aromatic heterocycles. The van der Waals surface area contributed by atoms with E-state index in [1.54, 1.807) is 18.2 Å². The standard InChI is InChI=1S/C17H15FO3/c1-20-16-4-2-3-12(17(16)18)8-15(19)11-5-6-13-9-21-10-14(13)7-11/h2-7H,8-10H2,1H3. The maximum Gasteiger partial charge on any atom is 0.168 e. The van der Waals surface area contributed by atoms with Gasteiger partial charge in [-0.2, -0.15) is 0 Å². The summed E-state index contributed by atoms with van der Waals surface area (Å²) in [5, 5.41) is 0. The first-order valence-electron chi connectivity index (χ1n) is 6.73. The van der Waals surface area contributed by atoms with E-state index < -0.39 is 5.82 Å².